The maximum Gasteiger partial charge on any atom is 0.146 e. The molecule has 4 nitrogen and oxygen atoms in total. The number of hydrogen-bond donors (Lipinski definition) is 1. The molecule has 0 spiro atoms. The highest BCUT2D eigenvalue weighted by molar-refractivity contribution is 4.83. The van der Waals surface area contributed by atoms with Crippen LogP contribution >= 0.6 is 0 Å². The van der Waals surface area contributed by atoms with Gasteiger partial charge < -0.3 is 9.88 Å². The fourth-order valence-electron chi connectivity index (χ4n) is 0.871. The van der Waals surface area contributed by atoms with E-state index >= 15 is 0 Å². The zero-order valence-electron chi connectivity index (χ0n) is 7.32. The molecule has 1 aromatic heterocycles. The third kappa shape index (κ3) is 2.47. The Morgan fingerprint density at radius 3 is 3.17 bits per heavy atom. The van der Waals surface area contributed by atoms with Crippen LogP contribution in [-0.4, -0.2) is 21.3 Å². The predicted molar refractivity (Wildman–Crippen MR) is 47.5 cm³/mol. The van der Waals surface area contributed by atoms with Crippen LogP contribution < -0.4 is 5.32 Å². The van der Waals surface area contributed by atoms with Crippen LogP contribution in [0.3, 0.4) is 0 Å². The summed E-state index contributed by atoms with van der Waals surface area (Å²) in [5.41, 5.74) is 0. The maximum atomic E-state index is 3.94. The number of hydrogen-bond acceptors (Lipinski definition) is 3. The predicted octanol–water partition coefficient (Wildman–Crippen LogP) is 0.481. The molecule has 0 aliphatic heterocycles. The second-order valence-electron chi connectivity index (χ2n) is 2.61. The van der Waals surface area contributed by atoms with Crippen LogP contribution in [-0.2, 0) is 13.6 Å². The van der Waals surface area contributed by atoms with Crippen molar-refractivity contribution in [3.8, 4) is 0 Å². The summed E-state index contributed by atoms with van der Waals surface area (Å²) >= 11 is 0. The van der Waals surface area contributed by atoms with Gasteiger partial charge >= 0.3 is 0 Å². The second-order valence-corrected chi connectivity index (χ2v) is 2.61. The van der Waals surface area contributed by atoms with Crippen molar-refractivity contribution in [2.45, 2.75) is 13.0 Å². The first-order valence-electron chi connectivity index (χ1n) is 3.99. The van der Waals surface area contributed by atoms with Crippen LogP contribution in [0.1, 0.15) is 12.2 Å². The number of aryl methyl sites for hydroxylation is 1. The van der Waals surface area contributed by atoms with Gasteiger partial charge in [-0.05, 0) is 13.0 Å². The normalized spacial score (nSPS) is 10.1. The summed E-state index contributed by atoms with van der Waals surface area (Å²) in [6.45, 7) is 5.35. The summed E-state index contributed by atoms with van der Waals surface area (Å²) in [4.78, 5) is 0. The topological polar surface area (TPSA) is 42.7 Å². The average Bonchev–Trinajstić information content (AvgIpc) is 2.46. The van der Waals surface area contributed by atoms with Crippen molar-refractivity contribution in [2.24, 2.45) is 7.05 Å². The largest absolute Gasteiger partial charge is 0.320 e. The Bertz CT molecular complexity index is 241. The standard InChI is InChI=1S/C8H14N4/c1-3-4-5-9-6-8-11-10-7-12(8)2/h3,7,9H,1,4-6H2,2H3. The van der Waals surface area contributed by atoms with Crippen molar-refractivity contribution in [2.75, 3.05) is 6.54 Å². The van der Waals surface area contributed by atoms with E-state index in [1.807, 2.05) is 17.7 Å². The molecule has 0 radical (unpaired) electrons. The minimum absolute atomic E-state index is 0.768. The van der Waals surface area contributed by atoms with Crippen molar-refractivity contribution in [1.29, 1.82) is 0 Å². The van der Waals surface area contributed by atoms with Crippen LogP contribution in [0, 0.1) is 0 Å². The molecule has 0 saturated carbocycles. The smallest absolute Gasteiger partial charge is 0.146 e. The van der Waals surface area contributed by atoms with E-state index in [0.29, 0.717) is 0 Å². The van der Waals surface area contributed by atoms with Gasteiger partial charge in [-0.15, -0.1) is 16.8 Å². The fraction of sp³-hybridized carbons (Fsp3) is 0.500. The molecular weight excluding hydrogens is 152 g/mol. The highest BCUT2D eigenvalue weighted by Gasteiger charge is 1.97. The molecule has 66 valence electrons. The van der Waals surface area contributed by atoms with Crippen LogP contribution in [0.25, 0.3) is 0 Å². The van der Waals surface area contributed by atoms with E-state index in [2.05, 4.69) is 22.1 Å². The van der Waals surface area contributed by atoms with Gasteiger partial charge in [-0.1, -0.05) is 6.08 Å². The number of nitrogens with one attached hydrogen (secondary N) is 1. The van der Waals surface area contributed by atoms with Crippen LogP contribution in [0.4, 0.5) is 0 Å². The van der Waals surface area contributed by atoms with Gasteiger partial charge in [0.15, 0.2) is 0 Å². The zero-order chi connectivity index (χ0) is 8.81. The van der Waals surface area contributed by atoms with E-state index in [0.717, 1.165) is 25.3 Å². The first-order chi connectivity index (χ1) is 5.84. The monoisotopic (exact) mass is 166 g/mol. The minimum Gasteiger partial charge on any atom is -0.320 e. The van der Waals surface area contributed by atoms with Crippen molar-refractivity contribution in [1.82, 2.24) is 20.1 Å². The summed E-state index contributed by atoms with van der Waals surface area (Å²) in [6, 6.07) is 0. The Kier molecular flexibility index (Phi) is 3.47. The number of nitrogens with zero attached hydrogens (tertiary/aromatic N) is 3. The lowest BCUT2D eigenvalue weighted by Crippen LogP contribution is -2.16. The lowest BCUT2D eigenvalue weighted by molar-refractivity contribution is 0.641. The molecule has 1 aromatic rings. The molecule has 0 bridgehead atoms. The molecular formula is C8H14N4. The van der Waals surface area contributed by atoms with Gasteiger partial charge in [0.2, 0.25) is 0 Å². The third-order valence-corrected chi connectivity index (χ3v) is 1.61. The molecule has 12 heavy (non-hydrogen) atoms. The van der Waals surface area contributed by atoms with Gasteiger partial charge in [-0.2, -0.15) is 0 Å². The molecule has 4 heteroatoms. The Labute approximate surface area is 72.3 Å². The lowest BCUT2D eigenvalue weighted by Gasteiger charge is -2.00. The number of rotatable bonds is 5. The Balaban J connectivity index is 2.24. The van der Waals surface area contributed by atoms with Crippen molar-refractivity contribution in [3.63, 3.8) is 0 Å². The minimum atomic E-state index is 0.768. The highest BCUT2D eigenvalue weighted by Crippen LogP contribution is 1.89. The molecule has 1 N–H and O–H groups in total. The Morgan fingerprint density at radius 2 is 2.58 bits per heavy atom. The molecule has 0 amide bonds. The van der Waals surface area contributed by atoms with E-state index in [9.17, 15) is 0 Å². The highest BCUT2D eigenvalue weighted by atomic mass is 15.3. The van der Waals surface area contributed by atoms with Gasteiger partial charge in [0.25, 0.3) is 0 Å². The summed E-state index contributed by atoms with van der Waals surface area (Å²) in [6.07, 6.45) is 4.58. The molecule has 0 unspecified atom stereocenters. The van der Waals surface area contributed by atoms with Gasteiger partial charge in [0, 0.05) is 7.05 Å². The molecule has 0 fully saturated rings. The number of aromatic nitrogens is 3. The first kappa shape index (κ1) is 8.93. The van der Waals surface area contributed by atoms with E-state index in [1.54, 1.807) is 6.33 Å². The molecule has 0 aliphatic rings. The molecule has 0 saturated heterocycles. The summed E-state index contributed by atoms with van der Waals surface area (Å²) in [7, 11) is 1.94. The molecule has 0 atom stereocenters. The molecule has 1 heterocycles. The lowest BCUT2D eigenvalue weighted by atomic mass is 10.4. The molecule has 1 rings (SSSR count). The quantitative estimate of drug-likeness (QED) is 0.511. The van der Waals surface area contributed by atoms with E-state index < -0.39 is 0 Å². The van der Waals surface area contributed by atoms with Gasteiger partial charge in [0.1, 0.15) is 12.2 Å². The van der Waals surface area contributed by atoms with Crippen LogP contribution in [0.5, 0.6) is 0 Å². The van der Waals surface area contributed by atoms with Crippen molar-refractivity contribution in [3.05, 3.63) is 24.8 Å². The van der Waals surface area contributed by atoms with Crippen LogP contribution in [0.2, 0.25) is 0 Å². The maximum absolute atomic E-state index is 3.94. The van der Waals surface area contributed by atoms with E-state index in [-0.39, 0.29) is 0 Å². The summed E-state index contributed by atoms with van der Waals surface area (Å²) < 4.78 is 1.90. The fourth-order valence-corrected chi connectivity index (χ4v) is 0.871. The van der Waals surface area contributed by atoms with E-state index in [4.69, 9.17) is 0 Å². The van der Waals surface area contributed by atoms with Gasteiger partial charge in [0.05, 0.1) is 6.54 Å². The van der Waals surface area contributed by atoms with E-state index in [1.165, 1.54) is 0 Å². The molecule has 0 aromatic carbocycles. The Hall–Kier alpha value is -1.16. The van der Waals surface area contributed by atoms with Gasteiger partial charge in [-0.3, -0.25) is 0 Å². The first-order valence-corrected chi connectivity index (χ1v) is 3.99. The summed E-state index contributed by atoms with van der Waals surface area (Å²) in [5, 5.41) is 10.9. The molecule has 0 aliphatic carbocycles. The van der Waals surface area contributed by atoms with Crippen molar-refractivity contribution >= 4 is 0 Å². The van der Waals surface area contributed by atoms with Crippen molar-refractivity contribution < 1.29 is 0 Å². The Morgan fingerprint density at radius 1 is 1.75 bits per heavy atom. The van der Waals surface area contributed by atoms with Crippen LogP contribution in [0.15, 0.2) is 19.0 Å². The van der Waals surface area contributed by atoms with Gasteiger partial charge in [-0.25, -0.2) is 0 Å². The average molecular weight is 166 g/mol. The second kappa shape index (κ2) is 4.66. The SMILES string of the molecule is C=CCCNCc1nncn1C. The summed E-state index contributed by atoms with van der Waals surface area (Å²) in [5.74, 6) is 0.957. The zero-order valence-corrected chi connectivity index (χ0v) is 7.32. The third-order valence-electron chi connectivity index (χ3n) is 1.61.